The van der Waals surface area contributed by atoms with E-state index in [1.165, 1.54) is 20.8 Å². The van der Waals surface area contributed by atoms with Gasteiger partial charge >= 0.3 is 5.97 Å². The Morgan fingerprint density at radius 1 is 0.473 bits per heavy atom. The largest absolute Gasteiger partial charge is 0.410 e. The first kappa shape index (κ1) is 77.0. The molecule has 0 saturated carbocycles. The molecule has 14 unspecified atom stereocenters. The maximum atomic E-state index is 12.9. The number of carbonyl (C=O) groups is 4. The van der Waals surface area contributed by atoms with Gasteiger partial charge in [-0.15, -0.1) is 0 Å². The van der Waals surface area contributed by atoms with E-state index in [2.05, 4.69) is 16.0 Å². The maximum absolute atomic E-state index is 12.9. The minimum Gasteiger partial charge on any atom is -0.410 e. The van der Waals surface area contributed by atoms with E-state index < -0.39 is 291 Å². The van der Waals surface area contributed by atoms with Gasteiger partial charge in [0, 0.05) is 26.7 Å². The third-order valence-corrected chi connectivity index (χ3v) is 17.2. The van der Waals surface area contributed by atoms with E-state index in [-0.39, 0.29) is 6.47 Å². The fourth-order valence-electron chi connectivity index (χ4n) is 12.2. The van der Waals surface area contributed by atoms with Gasteiger partial charge in [0.15, 0.2) is 31.5 Å². The molecule has 7 aliphatic rings. The number of aliphatic hydroxyl groups is 19. The molecule has 0 aromatic rings. The smallest absolute Gasteiger partial charge is 0.332 e. The first-order valence-electron chi connectivity index (χ1n) is 29.9. The number of amides is 3. The molecule has 22 N–H and O–H groups in total. The predicted molar refractivity (Wildman–Crippen MR) is 290 cm³/mol. The van der Waals surface area contributed by atoms with Gasteiger partial charge in [-0.05, 0) is 6.92 Å². The average Bonchev–Trinajstić information content (AvgIpc) is 0.798. The molecule has 0 radical (unpaired) electrons. The SMILES string of the molecule is CC(=O)NC1[C@H](OC2C(O)[C@H](O)C(CO)O[C@@H]2OC2[C@H](O)C(CO)O[C@@H](O[C@@H]3C(CO)O[C@@H](O[C@@H]4C(CO)O[C@@H](C)[C@@H](NC(C)=O)C4O)[C@@H](NC(C)=O)C3O)[C@@H]2O)OC(CO)[C@@H](O[C@@H]2OC(CO[C@]3(OC=O)C[C@@H](O)[C@@H](C)C([C@H](O)[C@H](O)CO)O3)[C@H](O)[C@H](O)C2O)[C@@H]1O. The summed E-state index contributed by atoms with van der Waals surface area (Å²) in [4.78, 5) is 49.3. The van der Waals surface area contributed by atoms with E-state index in [1.54, 1.807) is 0 Å². The van der Waals surface area contributed by atoms with Crippen LogP contribution in [0.5, 0.6) is 0 Å². The molecule has 538 valence electrons. The Bertz CT molecular complexity index is 2380. The van der Waals surface area contributed by atoms with Crippen LogP contribution in [0.15, 0.2) is 0 Å². The van der Waals surface area contributed by atoms with Crippen LogP contribution in [-0.4, -0.2) is 382 Å². The monoisotopic (exact) mass is 1360 g/mol. The van der Waals surface area contributed by atoms with Crippen LogP contribution in [0.2, 0.25) is 0 Å². The number of aliphatic hydroxyl groups excluding tert-OH is 19. The van der Waals surface area contributed by atoms with Gasteiger partial charge in [0.2, 0.25) is 17.7 Å². The standard InChI is InChI=1S/C53H89N3O37/c1-15-20(67)6-53(81-14-63,93-42(15)31(69)21(68)7-57)80-13-27-33(71)38(76)40(78)50(87-27)89-44-25(11-61)86-49(30(37(44)75)56-19(5)66)92-47-39(77)32(70)22(8-58)84-52(47)91-46-34(72)23(9-59)83-51(41(46)79)90-45-26(12-62)85-48(29(36(45)74)55-18(4)65)88-43-24(10-60)82-16(2)28(35(43)73)54-17(3)64/h14-16,20-52,57-62,67-79H,6-13H2,1-5H3,(H,54,64)(H,55,65)(H,56,66)/t15-,16+,20-,21-,22?,23?,24?,25?,26?,27?,28-,29+,30?,31-,32-,33+,34-,35?,36?,37-,38+,39?,40?,41-,42?,43-,44-,45-,46?,47?,48+,49+,50+,51+,52-,53+/m1/s1. The van der Waals surface area contributed by atoms with Crippen molar-refractivity contribution in [2.24, 2.45) is 5.92 Å². The predicted octanol–water partition coefficient (Wildman–Crippen LogP) is -14.2. The lowest BCUT2D eigenvalue weighted by Crippen LogP contribution is -2.70. The molecule has 7 aliphatic heterocycles. The third-order valence-electron chi connectivity index (χ3n) is 17.2. The second-order valence-electron chi connectivity index (χ2n) is 23.8. The van der Waals surface area contributed by atoms with Gasteiger partial charge in [-0.1, -0.05) is 6.92 Å². The summed E-state index contributed by atoms with van der Waals surface area (Å²) in [5, 5.41) is 216. The van der Waals surface area contributed by atoms with Gasteiger partial charge in [0.1, 0.15) is 152 Å². The van der Waals surface area contributed by atoms with Gasteiger partial charge in [-0.25, -0.2) is 0 Å². The van der Waals surface area contributed by atoms with Crippen LogP contribution in [0.4, 0.5) is 0 Å². The topological polar surface area (TPSA) is 618 Å². The van der Waals surface area contributed by atoms with Crippen LogP contribution in [0.3, 0.4) is 0 Å². The maximum Gasteiger partial charge on any atom is 0.332 e. The summed E-state index contributed by atoms with van der Waals surface area (Å²) in [5.41, 5.74) is 0. The number of ether oxygens (including phenoxy) is 14. The highest BCUT2D eigenvalue weighted by atomic mass is 16.9. The zero-order valence-corrected chi connectivity index (χ0v) is 50.8. The Hall–Kier alpha value is -3.40. The number of hydrogen-bond acceptors (Lipinski definition) is 37. The Morgan fingerprint density at radius 3 is 1.38 bits per heavy atom. The Kier molecular flexibility index (Phi) is 27.7. The van der Waals surface area contributed by atoms with E-state index >= 15 is 0 Å². The number of hydrogen-bond donors (Lipinski definition) is 22. The second kappa shape index (κ2) is 33.4. The first-order chi connectivity index (χ1) is 43.9. The lowest BCUT2D eigenvalue weighted by atomic mass is 9.87. The molecule has 40 heteroatoms. The van der Waals surface area contributed by atoms with Crippen LogP contribution >= 0.6 is 0 Å². The van der Waals surface area contributed by atoms with Gasteiger partial charge < -0.3 is 179 Å². The van der Waals surface area contributed by atoms with Gasteiger partial charge in [0.05, 0.1) is 77.0 Å². The minimum atomic E-state index is -2.60. The summed E-state index contributed by atoms with van der Waals surface area (Å²) in [7, 11) is 0. The van der Waals surface area contributed by atoms with E-state index in [0.29, 0.717) is 0 Å². The lowest BCUT2D eigenvalue weighted by Gasteiger charge is -2.51. The zero-order valence-electron chi connectivity index (χ0n) is 50.8. The average molecular weight is 1360 g/mol. The summed E-state index contributed by atoms with van der Waals surface area (Å²) in [6.07, 6.45) is -59.7. The highest BCUT2D eigenvalue weighted by molar-refractivity contribution is 5.74. The van der Waals surface area contributed by atoms with Crippen molar-refractivity contribution in [3.8, 4) is 0 Å². The fraction of sp³-hybridized carbons (Fsp3) is 0.925. The second-order valence-corrected chi connectivity index (χ2v) is 23.8. The molecule has 7 saturated heterocycles. The van der Waals surface area contributed by atoms with Crippen molar-refractivity contribution in [2.45, 2.75) is 255 Å². The molecule has 7 rings (SSSR count). The van der Waals surface area contributed by atoms with E-state index in [0.717, 1.165) is 13.8 Å². The summed E-state index contributed by atoms with van der Waals surface area (Å²) < 4.78 is 81.6. The van der Waals surface area contributed by atoms with Crippen LogP contribution in [0.1, 0.15) is 41.0 Å². The molecule has 0 aromatic heterocycles. The van der Waals surface area contributed by atoms with E-state index in [4.69, 9.17) is 66.3 Å². The Morgan fingerprint density at radius 2 is 0.882 bits per heavy atom. The minimum absolute atomic E-state index is 0.161. The molecule has 0 bridgehead atoms. The van der Waals surface area contributed by atoms with Crippen LogP contribution in [0.25, 0.3) is 0 Å². The Labute approximate surface area is 529 Å². The lowest BCUT2D eigenvalue weighted by molar-refractivity contribution is -0.424. The van der Waals surface area contributed by atoms with Gasteiger partial charge in [-0.3, -0.25) is 19.2 Å². The van der Waals surface area contributed by atoms with Crippen molar-refractivity contribution in [1.29, 1.82) is 0 Å². The van der Waals surface area contributed by atoms with E-state index in [9.17, 15) is 116 Å². The zero-order chi connectivity index (χ0) is 68.8. The highest BCUT2D eigenvalue weighted by Gasteiger charge is 2.60. The summed E-state index contributed by atoms with van der Waals surface area (Å²) in [6.45, 7) is -1.08. The quantitative estimate of drug-likeness (QED) is 0.0282. The van der Waals surface area contributed by atoms with Crippen molar-refractivity contribution in [3.05, 3.63) is 0 Å². The van der Waals surface area contributed by atoms with E-state index in [1.807, 2.05) is 0 Å². The van der Waals surface area contributed by atoms with Crippen molar-refractivity contribution >= 4 is 24.2 Å². The molecular weight excluding hydrogens is 1270 g/mol. The van der Waals surface area contributed by atoms with Crippen molar-refractivity contribution < 1.29 is 183 Å². The van der Waals surface area contributed by atoms with Crippen molar-refractivity contribution in [2.75, 3.05) is 46.2 Å². The fourth-order valence-corrected chi connectivity index (χ4v) is 12.2. The van der Waals surface area contributed by atoms with Gasteiger partial charge in [0.25, 0.3) is 6.47 Å². The van der Waals surface area contributed by atoms with Crippen LogP contribution < -0.4 is 16.0 Å². The van der Waals surface area contributed by atoms with Crippen LogP contribution in [-0.2, 0) is 85.5 Å². The molecule has 0 aliphatic carbocycles. The molecule has 36 atom stereocenters. The molecular formula is C53H89N3O37. The summed E-state index contributed by atoms with van der Waals surface area (Å²) >= 11 is 0. The van der Waals surface area contributed by atoms with Gasteiger partial charge in [-0.2, -0.15) is 0 Å². The van der Waals surface area contributed by atoms with Crippen molar-refractivity contribution in [3.63, 3.8) is 0 Å². The molecule has 93 heavy (non-hydrogen) atoms. The molecule has 0 aromatic carbocycles. The van der Waals surface area contributed by atoms with Crippen molar-refractivity contribution in [1.82, 2.24) is 16.0 Å². The third kappa shape index (κ3) is 17.2. The number of rotatable bonds is 26. The normalized spacial score (nSPS) is 47.2. The molecule has 0 spiro atoms. The molecule has 7 fully saturated rings. The molecule has 3 amide bonds. The number of nitrogens with one attached hydrogen (secondary N) is 3. The Balaban J connectivity index is 1.10. The summed E-state index contributed by atoms with van der Waals surface area (Å²) in [5.74, 6) is -5.88. The highest BCUT2D eigenvalue weighted by Crippen LogP contribution is 2.40. The molecule has 7 heterocycles. The summed E-state index contributed by atoms with van der Waals surface area (Å²) in [6, 6.07) is -4.72. The molecule has 40 nitrogen and oxygen atoms in total. The van der Waals surface area contributed by atoms with Crippen LogP contribution in [0, 0.1) is 5.92 Å². The number of carbonyl (C=O) groups excluding carboxylic acids is 4. The first-order valence-corrected chi connectivity index (χ1v) is 29.9.